The predicted molar refractivity (Wildman–Crippen MR) is 113 cm³/mol. The zero-order valence-electron chi connectivity index (χ0n) is 18.1. The van der Waals surface area contributed by atoms with Crippen molar-refractivity contribution < 1.29 is 23.9 Å². The van der Waals surface area contributed by atoms with E-state index in [0.717, 1.165) is 18.4 Å². The fraction of sp³-hybridized carbons (Fsp3) is 0.591. The highest BCUT2D eigenvalue weighted by Crippen LogP contribution is 2.13. The Hall–Kier alpha value is -2.77. The van der Waals surface area contributed by atoms with E-state index in [1.165, 1.54) is 0 Å². The fourth-order valence-corrected chi connectivity index (χ4v) is 3.14. The molecule has 30 heavy (non-hydrogen) atoms. The number of carbonyl (C=O) groups is 3. The summed E-state index contributed by atoms with van der Waals surface area (Å²) in [6.07, 6.45) is 1.73. The first-order valence-electron chi connectivity index (χ1n) is 10.5. The summed E-state index contributed by atoms with van der Waals surface area (Å²) in [5.41, 5.74) is 0.264. The van der Waals surface area contributed by atoms with Crippen molar-refractivity contribution >= 4 is 18.1 Å². The first kappa shape index (κ1) is 23.5. The molecule has 1 fully saturated rings. The Bertz CT molecular complexity index is 696. The quantitative estimate of drug-likeness (QED) is 0.631. The average Bonchev–Trinajstić information content (AvgIpc) is 3.22. The number of ether oxygens (including phenoxy) is 2. The molecule has 1 aliphatic rings. The molecule has 0 unspecified atom stereocenters. The maximum absolute atomic E-state index is 12.8. The minimum absolute atomic E-state index is 0.106. The minimum Gasteiger partial charge on any atom is -0.445 e. The largest absolute Gasteiger partial charge is 0.445 e. The molecule has 0 aromatic heterocycles. The van der Waals surface area contributed by atoms with Crippen LogP contribution in [0.3, 0.4) is 0 Å². The maximum Gasteiger partial charge on any atom is 0.408 e. The number of likely N-dealkylation sites (tertiary alicyclic amines) is 1. The molecule has 1 atom stereocenters. The van der Waals surface area contributed by atoms with E-state index in [-0.39, 0.29) is 12.5 Å². The lowest BCUT2D eigenvalue weighted by Gasteiger charge is -2.26. The maximum atomic E-state index is 12.8. The number of carbonyl (C=O) groups excluding carboxylic acids is 3. The smallest absolute Gasteiger partial charge is 0.408 e. The van der Waals surface area contributed by atoms with Gasteiger partial charge in [-0.05, 0) is 52.0 Å². The highest BCUT2D eigenvalue weighted by molar-refractivity contribution is 5.85. The van der Waals surface area contributed by atoms with E-state index < -0.39 is 23.8 Å². The van der Waals surface area contributed by atoms with Gasteiger partial charge < -0.3 is 25.0 Å². The lowest BCUT2D eigenvalue weighted by molar-refractivity contribution is -0.132. The molecule has 1 aromatic carbocycles. The molecule has 2 rings (SSSR count). The molecule has 1 aliphatic heterocycles. The molecule has 0 aliphatic carbocycles. The third-order valence-corrected chi connectivity index (χ3v) is 4.56. The van der Waals surface area contributed by atoms with Crippen molar-refractivity contribution in [2.75, 3.05) is 19.6 Å². The Labute approximate surface area is 178 Å². The third kappa shape index (κ3) is 8.71. The van der Waals surface area contributed by atoms with E-state index >= 15 is 0 Å². The molecule has 1 aromatic rings. The Morgan fingerprint density at radius 2 is 1.73 bits per heavy atom. The number of amides is 3. The van der Waals surface area contributed by atoms with Gasteiger partial charge in [0.25, 0.3) is 0 Å². The van der Waals surface area contributed by atoms with Crippen molar-refractivity contribution in [1.29, 1.82) is 0 Å². The number of nitrogens with one attached hydrogen (secondary N) is 2. The molecule has 8 nitrogen and oxygen atoms in total. The summed E-state index contributed by atoms with van der Waals surface area (Å²) >= 11 is 0. The Balaban J connectivity index is 1.77. The van der Waals surface area contributed by atoms with Gasteiger partial charge in [-0.1, -0.05) is 30.3 Å². The molecule has 166 valence electrons. The highest BCUT2D eigenvalue weighted by atomic mass is 16.6. The van der Waals surface area contributed by atoms with Crippen molar-refractivity contribution in [1.82, 2.24) is 15.5 Å². The van der Waals surface area contributed by atoms with Gasteiger partial charge in [-0.15, -0.1) is 0 Å². The van der Waals surface area contributed by atoms with Gasteiger partial charge in [0, 0.05) is 19.6 Å². The van der Waals surface area contributed by atoms with Crippen LogP contribution >= 0.6 is 0 Å². The number of nitrogens with zero attached hydrogens (tertiary/aromatic N) is 1. The van der Waals surface area contributed by atoms with Crippen molar-refractivity contribution in [3.63, 3.8) is 0 Å². The summed E-state index contributed by atoms with van der Waals surface area (Å²) in [6, 6.07) is 8.74. The summed E-state index contributed by atoms with van der Waals surface area (Å²) in [6.45, 7) is 7.26. The zero-order chi connectivity index (χ0) is 22.0. The van der Waals surface area contributed by atoms with E-state index in [1.54, 1.807) is 25.7 Å². The van der Waals surface area contributed by atoms with E-state index in [1.807, 2.05) is 30.3 Å². The summed E-state index contributed by atoms with van der Waals surface area (Å²) in [5.74, 6) is -0.106. The van der Waals surface area contributed by atoms with Gasteiger partial charge in [0.1, 0.15) is 18.2 Å². The summed E-state index contributed by atoms with van der Waals surface area (Å²) in [5, 5.41) is 5.37. The molecule has 3 amide bonds. The van der Waals surface area contributed by atoms with Crippen molar-refractivity contribution in [2.45, 2.75) is 64.7 Å². The third-order valence-electron chi connectivity index (χ3n) is 4.56. The number of hydrogen-bond donors (Lipinski definition) is 2. The zero-order valence-corrected chi connectivity index (χ0v) is 18.1. The van der Waals surface area contributed by atoms with E-state index in [2.05, 4.69) is 10.6 Å². The Morgan fingerprint density at radius 3 is 2.37 bits per heavy atom. The van der Waals surface area contributed by atoms with Gasteiger partial charge in [0.2, 0.25) is 5.91 Å². The molecule has 0 radical (unpaired) electrons. The van der Waals surface area contributed by atoms with Crippen LogP contribution in [0.4, 0.5) is 9.59 Å². The van der Waals surface area contributed by atoms with Crippen molar-refractivity contribution in [3.05, 3.63) is 35.9 Å². The summed E-state index contributed by atoms with van der Waals surface area (Å²) in [7, 11) is 0. The van der Waals surface area contributed by atoms with Crippen molar-refractivity contribution in [2.24, 2.45) is 0 Å². The van der Waals surface area contributed by atoms with Gasteiger partial charge in [0.05, 0.1) is 0 Å². The lowest BCUT2D eigenvalue weighted by Crippen LogP contribution is -2.49. The van der Waals surface area contributed by atoms with Gasteiger partial charge >= 0.3 is 12.2 Å². The van der Waals surface area contributed by atoms with E-state index in [4.69, 9.17) is 9.47 Å². The highest BCUT2D eigenvalue weighted by Gasteiger charge is 2.29. The SMILES string of the molecule is CC(C)(C)OC(=O)N[C@@H](CCCNC(=O)OCc1ccccc1)C(=O)N1CCCC1. The molecule has 1 heterocycles. The van der Waals surface area contributed by atoms with Gasteiger partial charge in [-0.25, -0.2) is 9.59 Å². The second-order valence-electron chi connectivity index (χ2n) is 8.36. The molecule has 0 saturated carbocycles. The summed E-state index contributed by atoms with van der Waals surface area (Å²) < 4.78 is 10.5. The first-order valence-corrected chi connectivity index (χ1v) is 10.5. The standard InChI is InChI=1S/C22H33N3O5/c1-22(2,3)30-21(28)24-18(19(26)25-14-7-8-15-25)12-9-13-23-20(27)29-16-17-10-5-4-6-11-17/h4-6,10-11,18H,7-9,12-16H2,1-3H3,(H,23,27)(H,24,28)/t18-/m0/s1. The molecule has 8 heteroatoms. The van der Waals surface area contributed by atoms with Crippen LogP contribution < -0.4 is 10.6 Å². The number of benzene rings is 1. The fourth-order valence-electron chi connectivity index (χ4n) is 3.14. The monoisotopic (exact) mass is 419 g/mol. The molecule has 0 bridgehead atoms. The topological polar surface area (TPSA) is 97.0 Å². The lowest BCUT2D eigenvalue weighted by atomic mass is 10.1. The number of rotatable bonds is 8. The van der Waals surface area contributed by atoms with Crippen LogP contribution in [-0.2, 0) is 20.9 Å². The van der Waals surface area contributed by atoms with Crippen molar-refractivity contribution in [3.8, 4) is 0 Å². The van der Waals surface area contributed by atoms with E-state index in [9.17, 15) is 14.4 Å². The van der Waals surface area contributed by atoms with Crippen LogP contribution in [0.15, 0.2) is 30.3 Å². The minimum atomic E-state index is -0.680. The molecular formula is C22H33N3O5. The van der Waals surface area contributed by atoms with Crippen LogP contribution in [0.25, 0.3) is 0 Å². The van der Waals surface area contributed by atoms with Crippen LogP contribution in [-0.4, -0.2) is 54.3 Å². The van der Waals surface area contributed by atoms with Crippen LogP contribution in [0.2, 0.25) is 0 Å². The predicted octanol–water partition coefficient (Wildman–Crippen LogP) is 3.21. The molecule has 2 N–H and O–H groups in total. The van der Waals surface area contributed by atoms with Crippen LogP contribution in [0, 0.1) is 0 Å². The van der Waals surface area contributed by atoms with Crippen LogP contribution in [0.5, 0.6) is 0 Å². The first-order chi connectivity index (χ1) is 14.2. The number of hydrogen-bond acceptors (Lipinski definition) is 5. The Kier molecular flexibility index (Phi) is 8.95. The Morgan fingerprint density at radius 1 is 1.07 bits per heavy atom. The second-order valence-corrected chi connectivity index (χ2v) is 8.36. The molecular weight excluding hydrogens is 386 g/mol. The normalized spacial score (nSPS) is 14.7. The second kappa shape index (κ2) is 11.4. The number of alkyl carbamates (subject to hydrolysis) is 2. The van der Waals surface area contributed by atoms with Gasteiger partial charge in [-0.2, -0.15) is 0 Å². The summed E-state index contributed by atoms with van der Waals surface area (Å²) in [4.78, 5) is 38.5. The van der Waals surface area contributed by atoms with E-state index in [0.29, 0.717) is 32.5 Å². The molecule has 1 saturated heterocycles. The average molecular weight is 420 g/mol. The van der Waals surface area contributed by atoms with Gasteiger partial charge in [-0.3, -0.25) is 4.79 Å². The molecule has 0 spiro atoms. The van der Waals surface area contributed by atoms with Gasteiger partial charge in [0.15, 0.2) is 0 Å². The van der Waals surface area contributed by atoms with Crippen LogP contribution in [0.1, 0.15) is 52.0 Å².